The van der Waals surface area contributed by atoms with Gasteiger partial charge in [0.2, 0.25) is 0 Å². The van der Waals surface area contributed by atoms with Crippen LogP contribution in [0.25, 0.3) is 0 Å². The second-order valence-electron chi connectivity index (χ2n) is 3.67. The molecular formula is C10H21NO2S. The Morgan fingerprint density at radius 3 is 3.14 bits per heavy atom. The Kier molecular flexibility index (Phi) is 6.60. The van der Waals surface area contributed by atoms with Gasteiger partial charge in [0.05, 0.1) is 19.3 Å². The van der Waals surface area contributed by atoms with Crippen LogP contribution in [0.2, 0.25) is 0 Å². The molecule has 0 radical (unpaired) electrons. The SMILES string of the molecule is CC1CN(CCOCCS)CCCO1. The van der Waals surface area contributed by atoms with E-state index in [0.29, 0.717) is 6.10 Å². The van der Waals surface area contributed by atoms with E-state index >= 15 is 0 Å². The molecule has 4 heteroatoms. The molecule has 1 heterocycles. The average Bonchev–Trinajstić information content (AvgIpc) is 2.38. The molecule has 14 heavy (non-hydrogen) atoms. The maximum Gasteiger partial charge on any atom is 0.0673 e. The van der Waals surface area contributed by atoms with Crippen LogP contribution in [-0.4, -0.2) is 56.2 Å². The summed E-state index contributed by atoms with van der Waals surface area (Å²) < 4.78 is 11.0. The largest absolute Gasteiger partial charge is 0.379 e. The van der Waals surface area contributed by atoms with Crippen molar-refractivity contribution < 1.29 is 9.47 Å². The standard InChI is InChI=1S/C10H21NO2S/c1-10-9-11(3-2-5-13-10)4-6-12-7-8-14/h10,14H,2-9H2,1H3. The first-order chi connectivity index (χ1) is 6.83. The van der Waals surface area contributed by atoms with E-state index in [4.69, 9.17) is 9.47 Å². The second kappa shape index (κ2) is 7.51. The Hall–Kier alpha value is 0.230. The van der Waals surface area contributed by atoms with Crippen molar-refractivity contribution in [2.24, 2.45) is 0 Å². The van der Waals surface area contributed by atoms with Crippen molar-refractivity contribution in [3.8, 4) is 0 Å². The molecule has 1 rings (SSSR count). The number of hydrogen-bond acceptors (Lipinski definition) is 4. The van der Waals surface area contributed by atoms with Crippen molar-refractivity contribution in [2.75, 3.05) is 45.2 Å². The lowest BCUT2D eigenvalue weighted by molar-refractivity contribution is 0.0600. The lowest BCUT2D eigenvalue weighted by Crippen LogP contribution is -2.33. The molecule has 0 aliphatic carbocycles. The van der Waals surface area contributed by atoms with Crippen LogP contribution in [0.4, 0.5) is 0 Å². The monoisotopic (exact) mass is 219 g/mol. The lowest BCUT2D eigenvalue weighted by atomic mass is 10.3. The van der Waals surface area contributed by atoms with Crippen LogP contribution in [0.3, 0.4) is 0 Å². The number of ether oxygens (including phenoxy) is 2. The molecule has 0 N–H and O–H groups in total. The number of hydrogen-bond donors (Lipinski definition) is 1. The fourth-order valence-electron chi connectivity index (χ4n) is 1.64. The van der Waals surface area contributed by atoms with Gasteiger partial charge in [-0.1, -0.05) is 0 Å². The Bertz CT molecular complexity index is 146. The zero-order valence-corrected chi connectivity index (χ0v) is 9.84. The van der Waals surface area contributed by atoms with Crippen LogP contribution in [0, 0.1) is 0 Å². The first-order valence-electron chi connectivity index (χ1n) is 5.35. The smallest absolute Gasteiger partial charge is 0.0673 e. The fourth-order valence-corrected chi connectivity index (χ4v) is 1.77. The number of nitrogens with zero attached hydrogens (tertiary/aromatic N) is 1. The molecule has 0 spiro atoms. The molecule has 1 fully saturated rings. The Labute approximate surface area is 92.2 Å². The van der Waals surface area contributed by atoms with E-state index in [2.05, 4.69) is 24.5 Å². The zero-order chi connectivity index (χ0) is 10.2. The normalized spacial score (nSPS) is 24.9. The highest BCUT2D eigenvalue weighted by Crippen LogP contribution is 2.04. The average molecular weight is 219 g/mol. The topological polar surface area (TPSA) is 21.7 Å². The van der Waals surface area contributed by atoms with Gasteiger partial charge in [0.25, 0.3) is 0 Å². The summed E-state index contributed by atoms with van der Waals surface area (Å²) in [5.74, 6) is 0.805. The molecule has 1 unspecified atom stereocenters. The maximum atomic E-state index is 5.57. The molecular weight excluding hydrogens is 198 g/mol. The third-order valence-electron chi connectivity index (χ3n) is 2.32. The summed E-state index contributed by atoms with van der Waals surface area (Å²) >= 11 is 4.09. The van der Waals surface area contributed by atoms with Gasteiger partial charge in [0, 0.05) is 32.0 Å². The quantitative estimate of drug-likeness (QED) is 0.552. The molecule has 0 saturated carbocycles. The highest BCUT2D eigenvalue weighted by Gasteiger charge is 2.13. The molecule has 1 aliphatic heterocycles. The summed E-state index contributed by atoms with van der Waals surface area (Å²) in [6.45, 7) is 7.78. The van der Waals surface area contributed by atoms with E-state index in [1.807, 2.05) is 0 Å². The van der Waals surface area contributed by atoms with E-state index in [1.54, 1.807) is 0 Å². The Balaban J connectivity index is 2.09. The first-order valence-corrected chi connectivity index (χ1v) is 5.98. The molecule has 0 aromatic heterocycles. The molecule has 0 bridgehead atoms. The summed E-state index contributed by atoms with van der Waals surface area (Å²) in [5, 5.41) is 0. The molecule has 0 aromatic carbocycles. The van der Waals surface area contributed by atoms with E-state index < -0.39 is 0 Å². The van der Waals surface area contributed by atoms with Crippen LogP contribution in [0.5, 0.6) is 0 Å². The number of thiol groups is 1. The summed E-state index contributed by atoms with van der Waals surface area (Å²) in [4.78, 5) is 2.41. The minimum atomic E-state index is 0.363. The highest BCUT2D eigenvalue weighted by molar-refractivity contribution is 7.80. The van der Waals surface area contributed by atoms with E-state index in [-0.39, 0.29) is 0 Å². The molecule has 1 saturated heterocycles. The van der Waals surface area contributed by atoms with E-state index in [9.17, 15) is 0 Å². The van der Waals surface area contributed by atoms with Crippen molar-refractivity contribution in [1.82, 2.24) is 4.90 Å². The van der Waals surface area contributed by atoms with Gasteiger partial charge in [-0.2, -0.15) is 12.6 Å². The molecule has 1 atom stereocenters. The minimum Gasteiger partial charge on any atom is -0.379 e. The second-order valence-corrected chi connectivity index (χ2v) is 4.12. The summed E-state index contributed by atoms with van der Waals surface area (Å²) in [7, 11) is 0. The fraction of sp³-hybridized carbons (Fsp3) is 1.00. The summed E-state index contributed by atoms with van der Waals surface area (Å²) in [5.41, 5.74) is 0. The van der Waals surface area contributed by atoms with Gasteiger partial charge < -0.3 is 9.47 Å². The molecule has 1 aliphatic rings. The van der Waals surface area contributed by atoms with Gasteiger partial charge in [0.15, 0.2) is 0 Å². The predicted octanol–water partition coefficient (Wildman–Crippen LogP) is 1.04. The van der Waals surface area contributed by atoms with Crippen molar-refractivity contribution in [2.45, 2.75) is 19.4 Å². The molecule has 0 aromatic rings. The third-order valence-corrected chi connectivity index (χ3v) is 2.51. The van der Waals surface area contributed by atoms with Gasteiger partial charge >= 0.3 is 0 Å². The van der Waals surface area contributed by atoms with Crippen molar-refractivity contribution >= 4 is 12.6 Å². The molecule has 84 valence electrons. The maximum absolute atomic E-state index is 5.57. The number of rotatable bonds is 5. The van der Waals surface area contributed by atoms with Crippen molar-refractivity contribution in [1.29, 1.82) is 0 Å². The summed E-state index contributed by atoms with van der Waals surface area (Å²) in [6.07, 6.45) is 1.50. The lowest BCUT2D eigenvalue weighted by Gasteiger charge is -2.21. The Morgan fingerprint density at radius 1 is 1.50 bits per heavy atom. The van der Waals surface area contributed by atoms with Gasteiger partial charge in [-0.25, -0.2) is 0 Å². The summed E-state index contributed by atoms with van der Waals surface area (Å²) in [6, 6.07) is 0. The molecule has 0 amide bonds. The molecule has 3 nitrogen and oxygen atoms in total. The predicted molar refractivity (Wildman–Crippen MR) is 61.1 cm³/mol. The van der Waals surface area contributed by atoms with Gasteiger partial charge in [-0.3, -0.25) is 4.90 Å². The van der Waals surface area contributed by atoms with Crippen LogP contribution in [0.1, 0.15) is 13.3 Å². The van der Waals surface area contributed by atoms with E-state index in [1.165, 1.54) is 0 Å². The van der Waals surface area contributed by atoms with Crippen LogP contribution in [-0.2, 0) is 9.47 Å². The first kappa shape index (κ1) is 12.3. The van der Waals surface area contributed by atoms with Crippen LogP contribution in [0.15, 0.2) is 0 Å². The van der Waals surface area contributed by atoms with Crippen molar-refractivity contribution in [3.05, 3.63) is 0 Å². The van der Waals surface area contributed by atoms with E-state index in [0.717, 1.165) is 51.6 Å². The van der Waals surface area contributed by atoms with Gasteiger partial charge in [-0.15, -0.1) is 0 Å². The van der Waals surface area contributed by atoms with Crippen molar-refractivity contribution in [3.63, 3.8) is 0 Å². The van der Waals surface area contributed by atoms with Gasteiger partial charge in [-0.05, 0) is 13.3 Å². The Morgan fingerprint density at radius 2 is 2.36 bits per heavy atom. The third kappa shape index (κ3) is 5.20. The zero-order valence-electron chi connectivity index (χ0n) is 8.95. The highest BCUT2D eigenvalue weighted by atomic mass is 32.1. The minimum absolute atomic E-state index is 0.363. The van der Waals surface area contributed by atoms with Gasteiger partial charge in [0.1, 0.15) is 0 Å². The van der Waals surface area contributed by atoms with Crippen LogP contribution >= 0.6 is 12.6 Å². The van der Waals surface area contributed by atoms with Crippen LogP contribution < -0.4 is 0 Å².